The SMILES string of the molecule is Cc1ccc(S(=O)(=O)N[C@@H]2C[C@H]3C[C@@]3(C(=O)O)C2)nc1. The van der Waals surface area contributed by atoms with Gasteiger partial charge in [0.25, 0.3) is 10.0 Å². The zero-order valence-electron chi connectivity index (χ0n) is 11.0. The van der Waals surface area contributed by atoms with E-state index in [1.165, 1.54) is 12.3 Å². The van der Waals surface area contributed by atoms with Crippen molar-refractivity contribution in [2.24, 2.45) is 11.3 Å². The molecule has 0 saturated heterocycles. The van der Waals surface area contributed by atoms with Crippen LogP contribution < -0.4 is 4.72 Å². The summed E-state index contributed by atoms with van der Waals surface area (Å²) in [6.45, 7) is 1.83. The maximum Gasteiger partial charge on any atom is 0.309 e. The number of hydrogen-bond donors (Lipinski definition) is 2. The fourth-order valence-corrected chi connectivity index (χ4v) is 4.32. The van der Waals surface area contributed by atoms with E-state index in [0.717, 1.165) is 5.56 Å². The fourth-order valence-electron chi connectivity index (χ4n) is 3.14. The number of nitrogens with zero attached hydrogens (tertiary/aromatic N) is 1. The summed E-state index contributed by atoms with van der Waals surface area (Å²) in [4.78, 5) is 15.1. The highest BCUT2D eigenvalue weighted by molar-refractivity contribution is 7.89. The molecule has 0 aromatic carbocycles. The van der Waals surface area contributed by atoms with Gasteiger partial charge in [-0.05, 0) is 43.7 Å². The molecule has 2 aliphatic carbocycles. The van der Waals surface area contributed by atoms with Crippen molar-refractivity contribution in [2.75, 3.05) is 0 Å². The molecule has 0 spiro atoms. The molecule has 0 bridgehead atoms. The zero-order valence-corrected chi connectivity index (χ0v) is 11.9. The fraction of sp³-hybridized carbons (Fsp3) is 0.538. The van der Waals surface area contributed by atoms with Gasteiger partial charge in [0, 0.05) is 12.2 Å². The molecule has 0 radical (unpaired) electrons. The van der Waals surface area contributed by atoms with E-state index in [4.69, 9.17) is 0 Å². The quantitative estimate of drug-likeness (QED) is 0.861. The van der Waals surface area contributed by atoms with E-state index < -0.39 is 21.4 Å². The first-order valence-electron chi connectivity index (χ1n) is 6.52. The third-order valence-electron chi connectivity index (χ3n) is 4.32. The normalized spacial score (nSPS) is 31.9. The number of aryl methyl sites for hydroxylation is 1. The monoisotopic (exact) mass is 296 g/mol. The van der Waals surface area contributed by atoms with Crippen molar-refractivity contribution in [2.45, 2.75) is 37.3 Å². The van der Waals surface area contributed by atoms with Crippen LogP contribution in [-0.2, 0) is 14.8 Å². The first kappa shape index (κ1) is 13.5. The van der Waals surface area contributed by atoms with Crippen molar-refractivity contribution in [3.8, 4) is 0 Å². The molecule has 1 heterocycles. The van der Waals surface area contributed by atoms with E-state index in [1.54, 1.807) is 6.07 Å². The Kier molecular flexibility index (Phi) is 2.88. The lowest BCUT2D eigenvalue weighted by molar-refractivity contribution is -0.143. The van der Waals surface area contributed by atoms with Crippen LogP contribution in [0.5, 0.6) is 0 Å². The minimum atomic E-state index is -3.67. The average Bonchev–Trinajstić information content (AvgIpc) is 2.93. The lowest BCUT2D eigenvalue weighted by Gasteiger charge is -2.15. The third kappa shape index (κ3) is 2.10. The summed E-state index contributed by atoms with van der Waals surface area (Å²) in [6.07, 6.45) is 3.14. The third-order valence-corrected chi connectivity index (χ3v) is 5.75. The second kappa shape index (κ2) is 4.26. The van der Waals surface area contributed by atoms with Gasteiger partial charge in [0.2, 0.25) is 0 Å². The van der Waals surface area contributed by atoms with Crippen LogP contribution in [0.2, 0.25) is 0 Å². The highest BCUT2D eigenvalue weighted by atomic mass is 32.2. The number of fused-ring (bicyclic) bond motifs is 1. The molecular formula is C13H16N2O4S. The summed E-state index contributed by atoms with van der Waals surface area (Å²) >= 11 is 0. The molecule has 7 heteroatoms. The van der Waals surface area contributed by atoms with E-state index in [9.17, 15) is 18.3 Å². The molecule has 3 rings (SSSR count). The minimum Gasteiger partial charge on any atom is -0.481 e. The number of pyridine rings is 1. The molecule has 1 aromatic heterocycles. The number of aromatic nitrogens is 1. The van der Waals surface area contributed by atoms with Gasteiger partial charge >= 0.3 is 5.97 Å². The van der Waals surface area contributed by atoms with Crippen LogP contribution in [0.25, 0.3) is 0 Å². The van der Waals surface area contributed by atoms with Crippen molar-refractivity contribution in [3.05, 3.63) is 23.9 Å². The lowest BCUT2D eigenvalue weighted by atomic mass is 10.0. The number of carboxylic acids is 1. The second-order valence-electron chi connectivity index (χ2n) is 5.79. The smallest absolute Gasteiger partial charge is 0.309 e. The molecule has 0 unspecified atom stereocenters. The van der Waals surface area contributed by atoms with Crippen LogP contribution >= 0.6 is 0 Å². The zero-order chi connectivity index (χ0) is 14.5. The van der Waals surface area contributed by atoms with Gasteiger partial charge in [-0.2, -0.15) is 0 Å². The molecule has 108 valence electrons. The Hall–Kier alpha value is -1.47. The van der Waals surface area contributed by atoms with E-state index in [0.29, 0.717) is 19.3 Å². The summed E-state index contributed by atoms with van der Waals surface area (Å²) in [7, 11) is -3.67. The Bertz CT molecular complexity index is 655. The van der Waals surface area contributed by atoms with E-state index in [2.05, 4.69) is 9.71 Å². The first-order chi connectivity index (χ1) is 9.33. The Morgan fingerprint density at radius 1 is 1.45 bits per heavy atom. The molecule has 2 saturated carbocycles. The average molecular weight is 296 g/mol. The molecule has 2 N–H and O–H groups in total. The summed E-state index contributed by atoms with van der Waals surface area (Å²) in [5, 5.41) is 9.17. The molecular weight excluding hydrogens is 280 g/mol. The molecule has 0 amide bonds. The van der Waals surface area contributed by atoms with Crippen molar-refractivity contribution < 1.29 is 18.3 Å². The van der Waals surface area contributed by atoms with Gasteiger partial charge in [0.05, 0.1) is 5.41 Å². The number of aliphatic carboxylic acids is 1. The molecule has 20 heavy (non-hydrogen) atoms. The van der Waals surface area contributed by atoms with Crippen LogP contribution in [-0.4, -0.2) is 30.5 Å². The standard InChI is InChI=1S/C13H16N2O4S/c1-8-2-3-11(14-7-8)20(18,19)15-10-4-9-5-13(9,6-10)12(16)17/h2-3,7,9-10,15H,4-6H2,1H3,(H,16,17)/t9-,10+,13+/m0/s1. The lowest BCUT2D eigenvalue weighted by Crippen LogP contribution is -2.35. The van der Waals surface area contributed by atoms with Gasteiger partial charge in [-0.25, -0.2) is 18.1 Å². The van der Waals surface area contributed by atoms with Gasteiger partial charge in [-0.1, -0.05) is 6.07 Å². The predicted molar refractivity (Wildman–Crippen MR) is 70.5 cm³/mol. The molecule has 1 aromatic rings. The van der Waals surface area contributed by atoms with Gasteiger partial charge in [-0.3, -0.25) is 4.79 Å². The number of rotatable bonds is 4. The van der Waals surface area contributed by atoms with E-state index in [1.807, 2.05) is 6.92 Å². The number of hydrogen-bond acceptors (Lipinski definition) is 4. The Morgan fingerprint density at radius 2 is 2.20 bits per heavy atom. The molecule has 3 atom stereocenters. The minimum absolute atomic E-state index is 0.0203. The number of sulfonamides is 1. The highest BCUT2D eigenvalue weighted by Crippen LogP contribution is 2.63. The van der Waals surface area contributed by atoms with Crippen LogP contribution in [0.4, 0.5) is 0 Å². The molecule has 2 aliphatic rings. The van der Waals surface area contributed by atoms with Crippen molar-refractivity contribution >= 4 is 16.0 Å². The number of carbonyl (C=O) groups is 1. The summed E-state index contributed by atoms with van der Waals surface area (Å²) in [5.74, 6) is -0.698. The second-order valence-corrected chi connectivity index (χ2v) is 7.46. The van der Waals surface area contributed by atoms with Crippen LogP contribution in [0.15, 0.2) is 23.4 Å². The predicted octanol–water partition coefficient (Wildman–Crippen LogP) is 0.922. The van der Waals surface area contributed by atoms with Crippen LogP contribution in [0.1, 0.15) is 24.8 Å². The van der Waals surface area contributed by atoms with Gasteiger partial charge < -0.3 is 5.11 Å². The molecule has 2 fully saturated rings. The maximum atomic E-state index is 12.2. The molecule has 0 aliphatic heterocycles. The van der Waals surface area contributed by atoms with Crippen LogP contribution in [0.3, 0.4) is 0 Å². The largest absolute Gasteiger partial charge is 0.481 e. The van der Waals surface area contributed by atoms with Gasteiger partial charge in [0.15, 0.2) is 5.03 Å². The van der Waals surface area contributed by atoms with Crippen LogP contribution in [0, 0.1) is 18.3 Å². The summed E-state index contributed by atoms with van der Waals surface area (Å²) in [5.41, 5.74) is 0.198. The summed E-state index contributed by atoms with van der Waals surface area (Å²) < 4.78 is 26.9. The first-order valence-corrected chi connectivity index (χ1v) is 8.00. The Labute approximate surface area is 117 Å². The Balaban J connectivity index is 1.73. The van der Waals surface area contributed by atoms with Crippen molar-refractivity contribution in [1.29, 1.82) is 0 Å². The van der Waals surface area contributed by atoms with Gasteiger partial charge in [0.1, 0.15) is 0 Å². The highest BCUT2D eigenvalue weighted by Gasteiger charge is 2.65. The van der Waals surface area contributed by atoms with E-state index in [-0.39, 0.29) is 17.0 Å². The topological polar surface area (TPSA) is 96.4 Å². The maximum absolute atomic E-state index is 12.2. The van der Waals surface area contributed by atoms with Gasteiger partial charge in [-0.15, -0.1) is 0 Å². The van der Waals surface area contributed by atoms with Crippen molar-refractivity contribution in [1.82, 2.24) is 9.71 Å². The molecule has 6 nitrogen and oxygen atoms in total. The number of carboxylic acid groups (broad SMARTS) is 1. The number of nitrogens with one attached hydrogen (secondary N) is 1. The van der Waals surface area contributed by atoms with E-state index >= 15 is 0 Å². The van der Waals surface area contributed by atoms with Crippen molar-refractivity contribution in [3.63, 3.8) is 0 Å². The Morgan fingerprint density at radius 3 is 2.75 bits per heavy atom. The summed E-state index contributed by atoms with van der Waals surface area (Å²) in [6, 6.07) is 2.84.